The number of piperazine rings is 1. The number of nitrogens with one attached hydrogen (secondary N) is 2. The Kier molecular flexibility index (Phi) is 9.18. The number of ether oxygens (including phenoxy) is 1. The first-order chi connectivity index (χ1) is 14.3. The third-order valence-electron chi connectivity index (χ3n) is 5.21. The van der Waals surface area contributed by atoms with Gasteiger partial charge in [-0.15, -0.1) is 12.4 Å². The van der Waals surface area contributed by atoms with E-state index in [0.29, 0.717) is 18.3 Å². The Bertz CT molecular complexity index is 916. The van der Waals surface area contributed by atoms with Gasteiger partial charge >= 0.3 is 0 Å². The summed E-state index contributed by atoms with van der Waals surface area (Å²) in [5.74, 6) is 1.18. The minimum Gasteiger partial charge on any atom is -0.491 e. The number of halogens is 1. The smallest absolute Gasteiger partial charge is 0.240 e. The first-order valence-corrected chi connectivity index (χ1v) is 12.1. The number of sulfonamides is 1. The van der Waals surface area contributed by atoms with Crippen molar-refractivity contribution in [1.82, 2.24) is 10.0 Å². The fourth-order valence-corrected chi connectivity index (χ4v) is 4.84. The van der Waals surface area contributed by atoms with Crippen molar-refractivity contribution in [2.75, 3.05) is 31.1 Å². The lowest BCUT2D eigenvalue weighted by molar-refractivity contribution is 0.267. The lowest BCUT2D eigenvalue weighted by Gasteiger charge is -2.38. The molecule has 31 heavy (non-hydrogen) atoms. The van der Waals surface area contributed by atoms with E-state index in [1.165, 1.54) is 11.3 Å². The lowest BCUT2D eigenvalue weighted by Crippen LogP contribution is -2.54. The normalized spacial score (nSPS) is 17.0. The molecule has 0 radical (unpaired) electrons. The minimum absolute atomic E-state index is 0. The molecular weight excluding hydrogens is 434 g/mol. The van der Waals surface area contributed by atoms with Crippen LogP contribution >= 0.6 is 12.4 Å². The van der Waals surface area contributed by atoms with Crippen LogP contribution in [0.4, 0.5) is 5.69 Å². The first kappa shape index (κ1) is 25.5. The fourth-order valence-electron chi connectivity index (χ4n) is 3.59. The monoisotopic (exact) mass is 467 g/mol. The van der Waals surface area contributed by atoms with Gasteiger partial charge < -0.3 is 15.0 Å². The Morgan fingerprint density at radius 2 is 1.71 bits per heavy atom. The highest BCUT2D eigenvalue weighted by molar-refractivity contribution is 7.89. The van der Waals surface area contributed by atoms with Crippen molar-refractivity contribution in [2.24, 2.45) is 0 Å². The maximum Gasteiger partial charge on any atom is 0.240 e. The lowest BCUT2D eigenvalue weighted by atomic mass is 10.0. The average Bonchev–Trinajstić information content (AvgIpc) is 2.72. The molecule has 1 saturated heterocycles. The molecule has 0 saturated carbocycles. The molecule has 2 aromatic carbocycles. The summed E-state index contributed by atoms with van der Waals surface area (Å²) in [6.45, 7) is 11.2. The van der Waals surface area contributed by atoms with E-state index in [1.807, 2.05) is 0 Å². The average molecular weight is 468 g/mol. The van der Waals surface area contributed by atoms with Crippen LogP contribution in [0.15, 0.2) is 53.4 Å². The Morgan fingerprint density at radius 1 is 1.06 bits per heavy atom. The van der Waals surface area contributed by atoms with E-state index < -0.39 is 10.0 Å². The summed E-state index contributed by atoms with van der Waals surface area (Å²) < 4.78 is 33.1. The van der Waals surface area contributed by atoms with Crippen LogP contribution in [0.5, 0.6) is 5.75 Å². The molecule has 0 aromatic heterocycles. The molecule has 1 atom stereocenters. The summed E-state index contributed by atoms with van der Waals surface area (Å²) in [6.07, 6.45) is 0. The number of benzene rings is 2. The van der Waals surface area contributed by atoms with Crippen molar-refractivity contribution in [3.05, 3.63) is 54.1 Å². The number of rotatable bonds is 8. The van der Waals surface area contributed by atoms with Crippen molar-refractivity contribution in [3.63, 3.8) is 0 Å². The quantitative estimate of drug-likeness (QED) is 0.618. The van der Waals surface area contributed by atoms with Crippen LogP contribution in [0.1, 0.15) is 39.2 Å². The first-order valence-electron chi connectivity index (χ1n) is 10.6. The van der Waals surface area contributed by atoms with Crippen LogP contribution in [-0.4, -0.2) is 46.7 Å². The van der Waals surface area contributed by atoms with Gasteiger partial charge in [0.25, 0.3) is 0 Å². The van der Waals surface area contributed by atoms with Gasteiger partial charge in [0.05, 0.1) is 10.9 Å². The largest absolute Gasteiger partial charge is 0.491 e. The van der Waals surface area contributed by atoms with Crippen LogP contribution < -0.4 is 19.7 Å². The van der Waals surface area contributed by atoms with Crippen LogP contribution in [0, 0.1) is 0 Å². The van der Waals surface area contributed by atoms with E-state index in [2.05, 4.69) is 53.1 Å². The molecule has 0 spiro atoms. The maximum atomic E-state index is 12.3. The molecule has 0 bridgehead atoms. The predicted molar refractivity (Wildman–Crippen MR) is 129 cm³/mol. The van der Waals surface area contributed by atoms with Crippen LogP contribution in [0.3, 0.4) is 0 Å². The number of hydrogen-bond acceptors (Lipinski definition) is 5. The molecule has 8 heteroatoms. The highest BCUT2D eigenvalue weighted by atomic mass is 35.5. The summed E-state index contributed by atoms with van der Waals surface area (Å²) in [7, 11) is -3.49. The second-order valence-corrected chi connectivity index (χ2v) is 10.1. The second-order valence-electron chi connectivity index (χ2n) is 8.36. The van der Waals surface area contributed by atoms with Crippen LogP contribution in [-0.2, 0) is 10.0 Å². The van der Waals surface area contributed by atoms with Gasteiger partial charge in [0.2, 0.25) is 10.0 Å². The van der Waals surface area contributed by atoms with E-state index in [4.69, 9.17) is 4.74 Å². The molecule has 2 aromatic rings. The molecule has 1 aliphatic heterocycles. The zero-order valence-corrected chi connectivity index (χ0v) is 20.3. The Morgan fingerprint density at radius 3 is 2.29 bits per heavy atom. The number of hydrogen-bond donors (Lipinski definition) is 2. The maximum absolute atomic E-state index is 12.3. The van der Waals surface area contributed by atoms with Crippen molar-refractivity contribution in [2.45, 2.75) is 50.6 Å². The van der Waals surface area contributed by atoms with Gasteiger partial charge in [0.15, 0.2) is 0 Å². The molecule has 2 N–H and O–H groups in total. The topological polar surface area (TPSA) is 70.7 Å². The van der Waals surface area contributed by atoms with E-state index in [9.17, 15) is 8.42 Å². The molecule has 1 aliphatic rings. The standard InChI is InChI=1S/C23H33N3O3S.ClH/c1-17(2)19-5-7-20(8-6-19)26-14-13-24-15-21(26)16-29-22-9-11-23(12-10-22)30(27,28)25-18(3)4;/h5-12,17-18,21,24-25H,13-16H2,1-4H3;1H. The molecule has 1 heterocycles. The second kappa shape index (κ2) is 11.2. The third kappa shape index (κ3) is 6.84. The van der Waals surface area contributed by atoms with Gasteiger partial charge in [-0.1, -0.05) is 26.0 Å². The molecule has 172 valence electrons. The van der Waals surface area contributed by atoms with E-state index in [0.717, 1.165) is 19.6 Å². The zero-order valence-electron chi connectivity index (χ0n) is 18.7. The van der Waals surface area contributed by atoms with Crippen LogP contribution in [0.25, 0.3) is 0 Å². The van der Waals surface area contributed by atoms with Gasteiger partial charge in [0, 0.05) is 31.4 Å². The number of anilines is 1. The van der Waals surface area contributed by atoms with Gasteiger partial charge in [-0.3, -0.25) is 0 Å². The summed E-state index contributed by atoms with van der Waals surface area (Å²) in [6, 6.07) is 15.4. The molecule has 6 nitrogen and oxygen atoms in total. The molecule has 0 aliphatic carbocycles. The number of nitrogens with zero attached hydrogens (tertiary/aromatic N) is 1. The van der Waals surface area contributed by atoms with E-state index in [-0.39, 0.29) is 29.4 Å². The Hall–Kier alpha value is -1.80. The molecule has 1 fully saturated rings. The predicted octanol–water partition coefficient (Wildman–Crippen LogP) is 3.78. The van der Waals surface area contributed by atoms with Gasteiger partial charge in [-0.25, -0.2) is 13.1 Å². The summed E-state index contributed by atoms with van der Waals surface area (Å²) in [5.41, 5.74) is 2.54. The van der Waals surface area contributed by atoms with Gasteiger partial charge in [0.1, 0.15) is 12.4 Å². The minimum atomic E-state index is -3.49. The SMILES string of the molecule is CC(C)NS(=O)(=O)c1ccc(OCC2CNCCN2c2ccc(C(C)C)cc2)cc1.Cl. The third-order valence-corrected chi connectivity index (χ3v) is 6.88. The van der Waals surface area contributed by atoms with Crippen molar-refractivity contribution in [1.29, 1.82) is 0 Å². The molecule has 3 rings (SSSR count). The van der Waals surface area contributed by atoms with E-state index >= 15 is 0 Å². The van der Waals surface area contributed by atoms with Gasteiger partial charge in [-0.2, -0.15) is 0 Å². The summed E-state index contributed by atoms with van der Waals surface area (Å²) in [4.78, 5) is 2.63. The van der Waals surface area contributed by atoms with Crippen molar-refractivity contribution < 1.29 is 13.2 Å². The highest BCUT2D eigenvalue weighted by Crippen LogP contribution is 2.23. The van der Waals surface area contributed by atoms with Gasteiger partial charge in [-0.05, 0) is 61.7 Å². The summed E-state index contributed by atoms with van der Waals surface area (Å²) >= 11 is 0. The molecule has 0 amide bonds. The Labute approximate surface area is 192 Å². The fraction of sp³-hybridized carbons (Fsp3) is 0.478. The highest BCUT2D eigenvalue weighted by Gasteiger charge is 2.23. The van der Waals surface area contributed by atoms with Crippen molar-refractivity contribution in [3.8, 4) is 5.75 Å². The van der Waals surface area contributed by atoms with Crippen LogP contribution in [0.2, 0.25) is 0 Å². The van der Waals surface area contributed by atoms with Crippen molar-refractivity contribution >= 4 is 28.1 Å². The van der Waals surface area contributed by atoms with E-state index in [1.54, 1.807) is 38.1 Å². The molecular formula is C23H34ClN3O3S. The zero-order chi connectivity index (χ0) is 21.7. The Balaban J connectivity index is 0.00000341. The summed E-state index contributed by atoms with van der Waals surface area (Å²) in [5, 5.41) is 3.44. The molecule has 1 unspecified atom stereocenters.